The first-order chi connectivity index (χ1) is 19.0. The summed E-state index contributed by atoms with van der Waals surface area (Å²) >= 11 is 1.68. The summed E-state index contributed by atoms with van der Waals surface area (Å²) in [6.07, 6.45) is -0.265. The molecule has 0 spiro atoms. The van der Waals surface area contributed by atoms with Crippen LogP contribution in [0.5, 0.6) is 17.2 Å². The van der Waals surface area contributed by atoms with Crippen LogP contribution >= 0.6 is 11.3 Å². The zero-order valence-corrected chi connectivity index (χ0v) is 22.2. The Labute approximate surface area is 229 Å². The molecule has 2 atom stereocenters. The normalized spacial score (nSPS) is 19.9. The largest absolute Gasteiger partial charge is 0.493 e. The maximum absolute atomic E-state index is 13.4. The van der Waals surface area contributed by atoms with Crippen LogP contribution in [-0.4, -0.2) is 60.7 Å². The highest BCUT2D eigenvalue weighted by molar-refractivity contribution is 7.18. The average molecular weight is 545 g/mol. The molecule has 0 saturated carbocycles. The number of para-hydroxylation sites is 1. The van der Waals surface area contributed by atoms with Gasteiger partial charge in [-0.1, -0.05) is 24.3 Å². The van der Waals surface area contributed by atoms with E-state index >= 15 is 0 Å². The Kier molecular flexibility index (Phi) is 7.04. The summed E-state index contributed by atoms with van der Waals surface area (Å²) in [5, 5.41) is 7.04. The first-order valence-electron chi connectivity index (χ1n) is 12.7. The van der Waals surface area contributed by atoms with Gasteiger partial charge in [0.25, 0.3) is 11.8 Å². The monoisotopic (exact) mass is 544 g/mol. The van der Waals surface area contributed by atoms with E-state index in [2.05, 4.69) is 21.6 Å². The number of carbonyl (C=O) groups excluding carboxylic acids is 2. The van der Waals surface area contributed by atoms with Crippen molar-refractivity contribution in [2.75, 3.05) is 26.8 Å². The maximum Gasteiger partial charge on any atom is 0.258 e. The fourth-order valence-electron chi connectivity index (χ4n) is 4.86. The number of amides is 2. The molecule has 3 aliphatic heterocycles. The molecule has 1 fully saturated rings. The van der Waals surface area contributed by atoms with Gasteiger partial charge in [0, 0.05) is 25.2 Å². The van der Waals surface area contributed by atoms with Crippen LogP contribution in [-0.2, 0) is 17.9 Å². The summed E-state index contributed by atoms with van der Waals surface area (Å²) in [5.41, 5.74) is 2.34. The molecule has 39 heavy (non-hydrogen) atoms. The van der Waals surface area contributed by atoms with Crippen molar-refractivity contribution in [3.05, 3.63) is 82.9 Å². The van der Waals surface area contributed by atoms with E-state index in [1.165, 1.54) is 7.11 Å². The van der Waals surface area contributed by atoms with E-state index < -0.39 is 0 Å². The number of thiazole rings is 1. The Morgan fingerprint density at radius 3 is 2.74 bits per heavy atom. The Morgan fingerprint density at radius 1 is 1.08 bits per heavy atom. The summed E-state index contributed by atoms with van der Waals surface area (Å²) in [7, 11) is 1.52. The number of likely N-dealkylation sites (tertiary alicyclic amines) is 1. The predicted molar refractivity (Wildman–Crippen MR) is 147 cm³/mol. The number of carbonyl (C=O) groups is 2. The van der Waals surface area contributed by atoms with E-state index in [0.29, 0.717) is 49.0 Å². The van der Waals surface area contributed by atoms with Gasteiger partial charge in [0.05, 0.1) is 29.9 Å². The molecule has 9 nitrogen and oxygen atoms in total. The Bertz CT molecular complexity index is 1470. The van der Waals surface area contributed by atoms with Crippen LogP contribution in [0.15, 0.2) is 66.7 Å². The van der Waals surface area contributed by atoms with Gasteiger partial charge >= 0.3 is 0 Å². The number of fused-ring (bicyclic) bond motifs is 8. The summed E-state index contributed by atoms with van der Waals surface area (Å²) in [6, 6.07) is 20.4. The van der Waals surface area contributed by atoms with Crippen LogP contribution < -0.4 is 24.8 Å². The second kappa shape index (κ2) is 10.9. The molecule has 10 heteroatoms. The van der Waals surface area contributed by atoms with Crippen molar-refractivity contribution in [3.63, 3.8) is 0 Å². The average Bonchev–Trinajstić information content (AvgIpc) is 3.53. The molecule has 1 saturated heterocycles. The molecule has 3 aromatic carbocycles. The highest BCUT2D eigenvalue weighted by atomic mass is 32.1. The Balaban J connectivity index is 1.27. The van der Waals surface area contributed by atoms with E-state index in [1.807, 2.05) is 42.5 Å². The van der Waals surface area contributed by atoms with Gasteiger partial charge in [-0.3, -0.25) is 14.5 Å². The zero-order valence-electron chi connectivity index (χ0n) is 21.4. The third kappa shape index (κ3) is 5.67. The Hall–Kier alpha value is -4.15. The van der Waals surface area contributed by atoms with Crippen molar-refractivity contribution < 1.29 is 23.8 Å². The van der Waals surface area contributed by atoms with E-state index in [-0.39, 0.29) is 30.6 Å². The molecule has 4 bridgehead atoms. The van der Waals surface area contributed by atoms with Gasteiger partial charge in [-0.15, -0.1) is 11.3 Å². The third-order valence-corrected chi connectivity index (χ3v) is 7.86. The van der Waals surface area contributed by atoms with Crippen LogP contribution in [0, 0.1) is 0 Å². The van der Waals surface area contributed by atoms with Crippen LogP contribution in [0.4, 0.5) is 0 Å². The van der Waals surface area contributed by atoms with Gasteiger partial charge < -0.3 is 24.8 Å². The number of methoxy groups -OCH3 is 1. The number of aromatic nitrogens is 1. The first-order valence-corrected chi connectivity index (χ1v) is 13.6. The molecule has 0 aliphatic carbocycles. The lowest BCUT2D eigenvalue weighted by molar-refractivity contribution is -0.123. The summed E-state index contributed by atoms with van der Waals surface area (Å²) < 4.78 is 18.7. The summed E-state index contributed by atoms with van der Waals surface area (Å²) in [6.45, 7) is 2.08. The highest BCUT2D eigenvalue weighted by Gasteiger charge is 2.36. The number of nitrogens with one attached hydrogen (secondary N) is 2. The quantitative estimate of drug-likeness (QED) is 0.408. The molecule has 2 amide bonds. The minimum Gasteiger partial charge on any atom is -0.493 e. The number of hydrogen-bond acceptors (Lipinski definition) is 8. The van der Waals surface area contributed by atoms with Crippen LogP contribution in [0.2, 0.25) is 0 Å². The number of nitrogens with zero attached hydrogens (tertiary/aromatic N) is 2. The Morgan fingerprint density at radius 2 is 1.92 bits per heavy atom. The topological polar surface area (TPSA) is 102 Å². The lowest BCUT2D eigenvalue weighted by atomic mass is 10.1. The SMILES string of the molecule is COc1ccc2cc1OCC(=O)NCc1ccc(cc1)O[C@H]1CN(Cc3nc4ccccc4s3)C[C@@H]1NC2=O. The van der Waals surface area contributed by atoms with Crippen LogP contribution in [0.3, 0.4) is 0 Å². The van der Waals surface area contributed by atoms with Crippen LogP contribution in [0.25, 0.3) is 10.2 Å². The van der Waals surface area contributed by atoms with Crippen molar-refractivity contribution in [1.82, 2.24) is 20.5 Å². The van der Waals surface area contributed by atoms with Crippen molar-refractivity contribution in [3.8, 4) is 17.2 Å². The predicted octanol–water partition coefficient (Wildman–Crippen LogP) is 3.38. The summed E-state index contributed by atoms with van der Waals surface area (Å²) in [4.78, 5) is 32.8. The molecule has 0 radical (unpaired) electrons. The van der Waals surface area contributed by atoms with Crippen molar-refractivity contribution >= 4 is 33.4 Å². The van der Waals surface area contributed by atoms with E-state index in [4.69, 9.17) is 19.2 Å². The molecule has 200 valence electrons. The van der Waals surface area contributed by atoms with Gasteiger partial charge in [0.1, 0.15) is 16.9 Å². The van der Waals surface area contributed by atoms with Gasteiger partial charge in [0.15, 0.2) is 18.1 Å². The third-order valence-electron chi connectivity index (χ3n) is 6.84. The van der Waals surface area contributed by atoms with Crippen molar-refractivity contribution in [2.45, 2.75) is 25.2 Å². The van der Waals surface area contributed by atoms with Gasteiger partial charge in [-0.05, 0) is 48.0 Å². The highest BCUT2D eigenvalue weighted by Crippen LogP contribution is 2.29. The van der Waals surface area contributed by atoms with Crippen molar-refractivity contribution in [1.29, 1.82) is 0 Å². The molecular weight excluding hydrogens is 516 g/mol. The molecule has 4 aromatic rings. The van der Waals surface area contributed by atoms with E-state index in [9.17, 15) is 9.59 Å². The first kappa shape index (κ1) is 25.1. The second-order valence-corrected chi connectivity index (χ2v) is 10.7. The minimum absolute atomic E-state index is 0.200. The van der Waals surface area contributed by atoms with Crippen molar-refractivity contribution in [2.24, 2.45) is 0 Å². The molecule has 2 N–H and O–H groups in total. The molecule has 7 rings (SSSR count). The van der Waals surface area contributed by atoms with Gasteiger partial charge in [0.2, 0.25) is 0 Å². The molecule has 4 heterocycles. The van der Waals surface area contributed by atoms with E-state index in [0.717, 1.165) is 20.8 Å². The molecular formula is C29H28N4O5S. The van der Waals surface area contributed by atoms with E-state index in [1.54, 1.807) is 29.5 Å². The van der Waals surface area contributed by atoms with Crippen LogP contribution in [0.1, 0.15) is 20.9 Å². The number of benzene rings is 3. The number of rotatable bonds is 3. The summed E-state index contributed by atoms with van der Waals surface area (Å²) in [5.74, 6) is 0.934. The lowest BCUT2D eigenvalue weighted by Gasteiger charge is -2.21. The fourth-order valence-corrected chi connectivity index (χ4v) is 5.87. The number of hydrogen-bond donors (Lipinski definition) is 2. The molecule has 0 unspecified atom stereocenters. The molecule has 3 aliphatic rings. The smallest absolute Gasteiger partial charge is 0.258 e. The number of ether oxygens (including phenoxy) is 3. The maximum atomic E-state index is 13.4. The van der Waals surface area contributed by atoms with Gasteiger partial charge in [-0.2, -0.15) is 0 Å². The standard InChI is InChI=1S/C29H28N4O5S/c1-36-23-11-8-19-12-24(23)37-17-27(34)30-13-18-6-9-20(10-7-18)38-25-15-33(14-22(25)32-29(19)35)16-28-31-21-4-2-3-5-26(21)39-28/h2-12,22,25H,13-17H2,1H3,(H,30,34)(H,32,35)/t22-,25-/m0/s1. The zero-order chi connectivity index (χ0) is 26.8. The lowest BCUT2D eigenvalue weighted by Crippen LogP contribution is -2.45. The van der Waals surface area contributed by atoms with Gasteiger partial charge in [-0.25, -0.2) is 4.98 Å². The fraction of sp³-hybridized carbons (Fsp3) is 0.276. The minimum atomic E-state index is -0.278. The molecule has 1 aromatic heterocycles. The second-order valence-electron chi connectivity index (χ2n) is 9.58.